The summed E-state index contributed by atoms with van der Waals surface area (Å²) in [5.74, 6) is 1.88. The van der Waals surface area contributed by atoms with E-state index < -0.39 is 0 Å². The predicted molar refractivity (Wildman–Crippen MR) is 71.2 cm³/mol. The summed E-state index contributed by atoms with van der Waals surface area (Å²) in [7, 11) is 1.74. The lowest BCUT2D eigenvalue weighted by Crippen LogP contribution is -2.22. The molecule has 0 saturated carbocycles. The Bertz CT molecular complexity index is 546. The third-order valence-corrected chi connectivity index (χ3v) is 3.89. The van der Waals surface area contributed by atoms with Gasteiger partial charge in [0.1, 0.15) is 5.76 Å². The SMILES string of the molecule is CO[C@@H]1CN(Cc2nc(C)c(C)o2)C[C@H]1c1cn[nH]n1. The summed E-state index contributed by atoms with van der Waals surface area (Å²) in [6.07, 6.45) is 1.89. The Morgan fingerprint density at radius 3 is 2.90 bits per heavy atom. The average molecular weight is 277 g/mol. The predicted octanol–water partition coefficient (Wildman–Crippen LogP) is 1.02. The third-order valence-electron chi connectivity index (χ3n) is 3.89. The van der Waals surface area contributed by atoms with E-state index in [-0.39, 0.29) is 12.0 Å². The molecule has 1 aliphatic rings. The molecule has 0 amide bonds. The fourth-order valence-corrected chi connectivity index (χ4v) is 2.69. The number of hydrogen-bond donors (Lipinski definition) is 1. The van der Waals surface area contributed by atoms with E-state index in [1.54, 1.807) is 13.3 Å². The van der Waals surface area contributed by atoms with E-state index in [0.29, 0.717) is 6.54 Å². The van der Waals surface area contributed by atoms with Crippen LogP contribution >= 0.6 is 0 Å². The number of hydrogen-bond acceptors (Lipinski definition) is 6. The zero-order chi connectivity index (χ0) is 14.1. The number of ether oxygens (including phenoxy) is 1. The van der Waals surface area contributed by atoms with Gasteiger partial charge in [-0.3, -0.25) is 4.90 Å². The number of H-pyrrole nitrogens is 1. The van der Waals surface area contributed by atoms with Gasteiger partial charge in [0.05, 0.1) is 30.2 Å². The molecule has 0 aromatic carbocycles. The monoisotopic (exact) mass is 277 g/mol. The summed E-state index contributed by atoms with van der Waals surface area (Å²) in [6.45, 7) is 6.30. The first-order valence-corrected chi connectivity index (χ1v) is 6.71. The van der Waals surface area contributed by atoms with Gasteiger partial charge < -0.3 is 9.15 Å². The second-order valence-corrected chi connectivity index (χ2v) is 5.22. The van der Waals surface area contributed by atoms with Crippen molar-refractivity contribution in [2.75, 3.05) is 20.2 Å². The highest BCUT2D eigenvalue weighted by molar-refractivity contribution is 5.10. The molecule has 0 radical (unpaired) electrons. The molecule has 1 fully saturated rings. The molecule has 1 saturated heterocycles. The first-order valence-electron chi connectivity index (χ1n) is 6.71. The summed E-state index contributed by atoms with van der Waals surface area (Å²) < 4.78 is 11.2. The van der Waals surface area contributed by atoms with E-state index in [0.717, 1.165) is 36.1 Å². The summed E-state index contributed by atoms with van der Waals surface area (Å²) in [6, 6.07) is 0. The molecule has 1 N–H and O–H groups in total. The second-order valence-electron chi connectivity index (χ2n) is 5.22. The van der Waals surface area contributed by atoms with E-state index in [1.807, 2.05) is 13.8 Å². The van der Waals surface area contributed by atoms with Crippen molar-refractivity contribution in [3.8, 4) is 0 Å². The van der Waals surface area contributed by atoms with Crippen LogP contribution in [-0.2, 0) is 11.3 Å². The maximum Gasteiger partial charge on any atom is 0.208 e. The van der Waals surface area contributed by atoms with Gasteiger partial charge in [0, 0.05) is 26.1 Å². The summed E-state index contributed by atoms with van der Waals surface area (Å²) in [5, 5.41) is 10.7. The fourth-order valence-electron chi connectivity index (χ4n) is 2.69. The summed E-state index contributed by atoms with van der Waals surface area (Å²) in [5.41, 5.74) is 1.90. The van der Waals surface area contributed by atoms with Crippen LogP contribution in [0.4, 0.5) is 0 Å². The maximum atomic E-state index is 5.64. The van der Waals surface area contributed by atoms with E-state index >= 15 is 0 Å². The van der Waals surface area contributed by atoms with Gasteiger partial charge in [-0.1, -0.05) is 0 Å². The van der Waals surface area contributed by atoms with Gasteiger partial charge in [-0.2, -0.15) is 15.4 Å². The minimum Gasteiger partial charge on any atom is -0.444 e. The Morgan fingerprint density at radius 2 is 2.30 bits per heavy atom. The number of nitrogens with one attached hydrogen (secondary N) is 1. The number of aryl methyl sites for hydroxylation is 2. The molecule has 2 atom stereocenters. The molecular formula is C13H19N5O2. The molecule has 0 aliphatic carbocycles. The van der Waals surface area contributed by atoms with Gasteiger partial charge in [-0.15, -0.1) is 0 Å². The van der Waals surface area contributed by atoms with E-state index in [1.165, 1.54) is 0 Å². The molecular weight excluding hydrogens is 258 g/mol. The highest BCUT2D eigenvalue weighted by atomic mass is 16.5. The third kappa shape index (κ3) is 2.46. The molecule has 7 nitrogen and oxygen atoms in total. The van der Waals surface area contributed by atoms with Crippen molar-refractivity contribution in [1.82, 2.24) is 25.3 Å². The molecule has 1 aliphatic heterocycles. The summed E-state index contributed by atoms with van der Waals surface area (Å²) >= 11 is 0. The topological polar surface area (TPSA) is 80.1 Å². The molecule has 3 heterocycles. The lowest BCUT2D eigenvalue weighted by Gasteiger charge is -2.13. The standard InChI is InChI=1S/C13H19N5O2/c1-8-9(2)20-13(15-8)7-18-5-10(12(6-18)19-3)11-4-14-17-16-11/h4,10,12H,5-7H2,1-3H3,(H,14,16,17)/t10-,12+/m0/s1. The second kappa shape index (κ2) is 5.34. The van der Waals surface area contributed by atoms with Crippen molar-refractivity contribution in [3.05, 3.63) is 29.2 Å². The molecule has 20 heavy (non-hydrogen) atoms. The first-order chi connectivity index (χ1) is 9.67. The van der Waals surface area contributed by atoms with Crippen LogP contribution in [-0.4, -0.2) is 51.6 Å². The molecule has 2 aromatic heterocycles. The zero-order valence-electron chi connectivity index (χ0n) is 12.0. The highest BCUT2D eigenvalue weighted by Crippen LogP contribution is 2.28. The number of likely N-dealkylation sites (tertiary alicyclic amines) is 1. The van der Waals surface area contributed by atoms with Crippen molar-refractivity contribution < 1.29 is 9.15 Å². The van der Waals surface area contributed by atoms with Crippen molar-refractivity contribution in [2.24, 2.45) is 0 Å². The van der Waals surface area contributed by atoms with Gasteiger partial charge >= 0.3 is 0 Å². The molecule has 108 valence electrons. The maximum absolute atomic E-state index is 5.64. The molecule has 0 unspecified atom stereocenters. The van der Waals surface area contributed by atoms with Crippen LogP contribution in [0.2, 0.25) is 0 Å². The number of rotatable bonds is 4. The van der Waals surface area contributed by atoms with E-state index in [9.17, 15) is 0 Å². The molecule has 7 heteroatoms. The van der Waals surface area contributed by atoms with Crippen LogP contribution in [0.1, 0.15) is 29.0 Å². The first kappa shape index (κ1) is 13.3. The minimum atomic E-state index is 0.122. The zero-order valence-corrected chi connectivity index (χ0v) is 12.0. The Labute approximate surface area is 117 Å². The normalized spacial score (nSPS) is 23.6. The molecule has 0 spiro atoms. The Morgan fingerprint density at radius 1 is 1.45 bits per heavy atom. The molecule has 0 bridgehead atoms. The number of methoxy groups -OCH3 is 1. The van der Waals surface area contributed by atoms with Gasteiger partial charge in [0.15, 0.2) is 0 Å². The number of nitrogens with zero attached hydrogens (tertiary/aromatic N) is 4. The van der Waals surface area contributed by atoms with Crippen molar-refractivity contribution in [3.63, 3.8) is 0 Å². The van der Waals surface area contributed by atoms with Crippen molar-refractivity contribution in [1.29, 1.82) is 0 Å². The van der Waals surface area contributed by atoms with Crippen LogP contribution in [0.15, 0.2) is 10.6 Å². The largest absolute Gasteiger partial charge is 0.444 e. The fraction of sp³-hybridized carbons (Fsp3) is 0.615. The molecule has 3 rings (SSSR count). The van der Waals surface area contributed by atoms with Crippen LogP contribution in [0, 0.1) is 13.8 Å². The van der Waals surface area contributed by atoms with E-state index in [4.69, 9.17) is 9.15 Å². The van der Waals surface area contributed by atoms with Crippen molar-refractivity contribution in [2.45, 2.75) is 32.4 Å². The number of aromatic amines is 1. The molecule has 2 aromatic rings. The number of aromatic nitrogens is 4. The van der Waals surface area contributed by atoms with Gasteiger partial charge in [-0.25, -0.2) is 4.98 Å². The van der Waals surface area contributed by atoms with Crippen LogP contribution < -0.4 is 0 Å². The van der Waals surface area contributed by atoms with E-state index in [2.05, 4.69) is 25.3 Å². The van der Waals surface area contributed by atoms with Gasteiger partial charge in [0.2, 0.25) is 5.89 Å². The van der Waals surface area contributed by atoms with Crippen molar-refractivity contribution >= 4 is 0 Å². The minimum absolute atomic E-state index is 0.122. The van der Waals surface area contributed by atoms with Crippen LogP contribution in [0.3, 0.4) is 0 Å². The number of oxazole rings is 1. The quantitative estimate of drug-likeness (QED) is 0.899. The van der Waals surface area contributed by atoms with Crippen LogP contribution in [0.5, 0.6) is 0 Å². The Balaban J connectivity index is 1.70. The smallest absolute Gasteiger partial charge is 0.208 e. The lowest BCUT2D eigenvalue weighted by atomic mass is 10.0. The Kier molecular flexibility index (Phi) is 3.54. The average Bonchev–Trinajstić information content (AvgIpc) is 3.11. The Hall–Kier alpha value is -1.73. The van der Waals surface area contributed by atoms with Crippen LogP contribution in [0.25, 0.3) is 0 Å². The van der Waals surface area contributed by atoms with Gasteiger partial charge in [-0.05, 0) is 13.8 Å². The lowest BCUT2D eigenvalue weighted by molar-refractivity contribution is 0.0948. The highest BCUT2D eigenvalue weighted by Gasteiger charge is 2.36. The summed E-state index contributed by atoms with van der Waals surface area (Å²) in [4.78, 5) is 6.71. The van der Waals surface area contributed by atoms with Gasteiger partial charge in [0.25, 0.3) is 0 Å².